The van der Waals surface area contributed by atoms with Crippen molar-refractivity contribution in [2.45, 2.75) is 91.5 Å². The lowest BCUT2D eigenvalue weighted by molar-refractivity contribution is -0.172. The molecule has 0 saturated carbocycles. The van der Waals surface area contributed by atoms with Crippen LogP contribution in [0.2, 0.25) is 0 Å². The molecule has 0 bridgehead atoms. The minimum absolute atomic E-state index is 0.180. The van der Waals surface area contributed by atoms with Crippen LogP contribution in [-0.4, -0.2) is 43.8 Å². The zero-order valence-corrected chi connectivity index (χ0v) is 29.8. The minimum Gasteiger partial charge on any atom is -0.465 e. The van der Waals surface area contributed by atoms with Gasteiger partial charge in [0.1, 0.15) is 0 Å². The van der Waals surface area contributed by atoms with Crippen molar-refractivity contribution in [2.75, 3.05) is 36.1 Å². The molecular weight excluding hydrogens is 584 g/mol. The number of likely N-dealkylation sites (N-methyl/N-ethyl adjacent to an activating group) is 2. The number of carbonyl (C=O) groups is 2. The third-order valence-corrected chi connectivity index (χ3v) is 10.9. The van der Waals surface area contributed by atoms with E-state index in [9.17, 15) is 9.59 Å². The summed E-state index contributed by atoms with van der Waals surface area (Å²) in [5, 5.41) is 0. The van der Waals surface area contributed by atoms with Crippen molar-refractivity contribution < 1.29 is 19.1 Å². The highest BCUT2D eigenvalue weighted by atomic mass is 16.6. The van der Waals surface area contributed by atoms with Gasteiger partial charge in [0.25, 0.3) is 0 Å². The Bertz CT molecular complexity index is 1640. The molecule has 0 spiro atoms. The number of anilines is 2. The lowest BCUT2D eigenvalue weighted by atomic mass is 9.69. The maximum Gasteiger partial charge on any atom is 0.324 e. The van der Waals surface area contributed by atoms with Gasteiger partial charge >= 0.3 is 11.9 Å². The number of carbonyl (C=O) groups excluding carboxylic acids is 2. The minimum atomic E-state index is -1.47. The second-order valence-electron chi connectivity index (χ2n) is 14.1. The molecule has 2 heterocycles. The lowest BCUT2D eigenvalue weighted by Crippen LogP contribution is -2.52. The van der Waals surface area contributed by atoms with Crippen molar-refractivity contribution in [1.29, 1.82) is 0 Å². The van der Waals surface area contributed by atoms with Crippen molar-refractivity contribution in [2.24, 2.45) is 5.41 Å². The van der Waals surface area contributed by atoms with Gasteiger partial charge in [-0.15, -0.1) is 0 Å². The first kappa shape index (κ1) is 34.3. The van der Waals surface area contributed by atoms with Gasteiger partial charge in [-0.2, -0.15) is 0 Å². The van der Waals surface area contributed by atoms with E-state index in [-0.39, 0.29) is 42.4 Å². The topological polar surface area (TPSA) is 59.1 Å². The summed E-state index contributed by atoms with van der Waals surface area (Å²) in [5.41, 5.74) is 5.83. The number of para-hydroxylation sites is 2. The zero-order chi connectivity index (χ0) is 34.2. The van der Waals surface area contributed by atoms with Gasteiger partial charge in [-0.25, -0.2) is 0 Å². The quantitative estimate of drug-likeness (QED) is 0.203. The fraction of sp³-hybridized carbons (Fsp3) is 0.463. The maximum atomic E-state index is 13.8. The molecular formula is C41H52N2O4. The molecule has 0 amide bonds. The van der Waals surface area contributed by atoms with Crippen LogP contribution in [0.1, 0.15) is 86.3 Å². The summed E-state index contributed by atoms with van der Waals surface area (Å²) in [6, 6.07) is 17.2. The van der Waals surface area contributed by atoms with Crippen LogP contribution in [0, 0.1) is 5.41 Å². The monoisotopic (exact) mass is 636 g/mol. The van der Waals surface area contributed by atoms with Crippen molar-refractivity contribution in [3.8, 4) is 0 Å². The number of ether oxygens (including phenoxy) is 2. The predicted molar refractivity (Wildman–Crippen MR) is 192 cm³/mol. The molecule has 0 radical (unpaired) electrons. The van der Waals surface area contributed by atoms with Gasteiger partial charge in [-0.05, 0) is 87.9 Å². The van der Waals surface area contributed by atoms with Crippen LogP contribution in [0.3, 0.4) is 0 Å². The number of fused-ring (bicyclic) bond motifs is 2. The van der Waals surface area contributed by atoms with E-state index in [1.807, 2.05) is 0 Å². The van der Waals surface area contributed by atoms with Gasteiger partial charge in [-0.1, -0.05) is 88.4 Å². The molecule has 2 aromatic carbocycles. The van der Waals surface area contributed by atoms with E-state index in [4.69, 9.17) is 9.47 Å². The molecule has 2 aliphatic heterocycles. The Balaban J connectivity index is 1.63. The average Bonchev–Trinajstić information content (AvgIpc) is 3.38. The van der Waals surface area contributed by atoms with Crippen LogP contribution in [-0.2, 0) is 29.9 Å². The summed E-state index contributed by atoms with van der Waals surface area (Å²) in [6.07, 6.45) is 11.2. The smallest absolute Gasteiger partial charge is 0.324 e. The van der Waals surface area contributed by atoms with E-state index in [0.717, 1.165) is 24.2 Å². The van der Waals surface area contributed by atoms with Gasteiger partial charge in [0.05, 0.1) is 18.8 Å². The molecule has 6 heteroatoms. The summed E-state index contributed by atoms with van der Waals surface area (Å²) < 4.78 is 11.2. The normalized spacial score (nSPS) is 24.0. The molecule has 3 aliphatic rings. The molecule has 0 aromatic heterocycles. The van der Waals surface area contributed by atoms with Crippen LogP contribution in [0.15, 0.2) is 95.8 Å². The van der Waals surface area contributed by atoms with Crippen LogP contribution >= 0.6 is 0 Å². The van der Waals surface area contributed by atoms with Crippen molar-refractivity contribution >= 4 is 23.3 Å². The molecule has 250 valence electrons. The van der Waals surface area contributed by atoms with E-state index < -0.39 is 17.4 Å². The molecule has 0 N–H and O–H groups in total. The van der Waals surface area contributed by atoms with E-state index in [1.165, 1.54) is 28.2 Å². The third-order valence-electron chi connectivity index (χ3n) is 10.9. The van der Waals surface area contributed by atoms with Gasteiger partial charge in [0, 0.05) is 41.0 Å². The molecule has 5 rings (SSSR count). The van der Waals surface area contributed by atoms with E-state index >= 15 is 0 Å². The van der Waals surface area contributed by atoms with Gasteiger partial charge in [0.15, 0.2) is 5.41 Å². The molecule has 1 aliphatic carbocycles. The summed E-state index contributed by atoms with van der Waals surface area (Å²) in [7, 11) is 0. The second-order valence-corrected chi connectivity index (χ2v) is 14.1. The van der Waals surface area contributed by atoms with Crippen molar-refractivity contribution in [3.05, 3.63) is 107 Å². The van der Waals surface area contributed by atoms with E-state index in [1.54, 1.807) is 13.8 Å². The van der Waals surface area contributed by atoms with Gasteiger partial charge in [-0.3, -0.25) is 9.59 Å². The molecule has 6 nitrogen and oxygen atoms in total. The molecule has 1 unspecified atom stereocenters. The zero-order valence-electron chi connectivity index (χ0n) is 29.8. The molecule has 2 aromatic rings. The molecule has 1 atom stereocenters. The van der Waals surface area contributed by atoms with Gasteiger partial charge in [0.2, 0.25) is 0 Å². The Labute approximate surface area is 281 Å². The number of rotatable bonds is 9. The van der Waals surface area contributed by atoms with Gasteiger partial charge < -0.3 is 19.3 Å². The fourth-order valence-corrected chi connectivity index (χ4v) is 8.06. The SMILES string of the molecule is CCOC(=O)C1(C(=O)OCC)CC(/C=C/C2(C)N(CC)c3ccccc3C2(C)C)=CC(=C/C=C2/N(CC)c3ccccc3C2(C)C)/C1. The Morgan fingerprint density at radius 1 is 0.766 bits per heavy atom. The average molecular weight is 637 g/mol. The third kappa shape index (κ3) is 5.54. The van der Waals surface area contributed by atoms with Crippen molar-refractivity contribution in [1.82, 2.24) is 0 Å². The lowest BCUT2D eigenvalue weighted by Gasteiger charge is -2.43. The van der Waals surface area contributed by atoms with Crippen molar-refractivity contribution in [3.63, 3.8) is 0 Å². The second kappa shape index (κ2) is 12.9. The first-order valence-corrected chi connectivity index (χ1v) is 17.2. The fourth-order valence-electron chi connectivity index (χ4n) is 8.06. The van der Waals surface area contributed by atoms with E-state index in [0.29, 0.717) is 0 Å². The number of allylic oxidation sites excluding steroid dienone is 7. The maximum absolute atomic E-state index is 13.8. The number of nitrogens with zero attached hydrogens (tertiary/aromatic N) is 2. The standard InChI is InChI=1S/C41H52N2O4/c1-10-42-33-20-16-14-18-31(33)38(5,6)35(42)23-22-29-26-30(28-41(27-29,36(44)46-12-3)37(45)47-13-4)24-25-40(9)39(7,8)32-19-15-17-21-34(32)43(40)11-2/h14-26H,10-13,27-28H2,1-9H3/b25-24+,29-22-,35-23+. The highest BCUT2D eigenvalue weighted by molar-refractivity contribution is 6.01. The number of hydrogen-bond donors (Lipinski definition) is 0. The number of benzene rings is 2. The summed E-state index contributed by atoms with van der Waals surface area (Å²) in [4.78, 5) is 32.4. The van der Waals surface area contributed by atoms with Crippen LogP contribution in [0.5, 0.6) is 0 Å². The Hall–Kier alpha value is -4.06. The first-order valence-electron chi connectivity index (χ1n) is 17.2. The molecule has 47 heavy (non-hydrogen) atoms. The Morgan fingerprint density at radius 2 is 1.36 bits per heavy atom. The highest BCUT2D eigenvalue weighted by Crippen LogP contribution is 2.53. The highest BCUT2D eigenvalue weighted by Gasteiger charge is 2.53. The Morgan fingerprint density at radius 3 is 1.96 bits per heavy atom. The van der Waals surface area contributed by atoms with Crippen LogP contribution in [0.25, 0.3) is 0 Å². The first-order chi connectivity index (χ1) is 22.3. The summed E-state index contributed by atoms with van der Waals surface area (Å²) in [6.45, 7) is 21.3. The number of hydrogen-bond acceptors (Lipinski definition) is 6. The molecule has 0 fully saturated rings. The van der Waals surface area contributed by atoms with E-state index in [2.05, 4.69) is 137 Å². The van der Waals surface area contributed by atoms with Crippen LogP contribution < -0.4 is 9.80 Å². The predicted octanol–water partition coefficient (Wildman–Crippen LogP) is 8.58. The Kier molecular flexibility index (Phi) is 9.38. The summed E-state index contributed by atoms with van der Waals surface area (Å²) >= 11 is 0. The molecule has 0 saturated heterocycles. The summed E-state index contributed by atoms with van der Waals surface area (Å²) in [5.74, 6) is -1.07. The number of esters is 2. The largest absolute Gasteiger partial charge is 0.465 e. The van der Waals surface area contributed by atoms with Crippen LogP contribution in [0.4, 0.5) is 11.4 Å².